The van der Waals surface area contributed by atoms with Crippen molar-refractivity contribution in [3.63, 3.8) is 0 Å². The maximum Gasteiger partial charge on any atom is 0.308 e. The van der Waals surface area contributed by atoms with Crippen LogP contribution in [0.5, 0.6) is 0 Å². The molecule has 5 heteroatoms. The molecule has 2 aromatic rings. The van der Waals surface area contributed by atoms with Crippen molar-refractivity contribution in [1.29, 1.82) is 0 Å². The van der Waals surface area contributed by atoms with Gasteiger partial charge in [0.2, 0.25) is 0 Å². The molecule has 1 saturated heterocycles. The van der Waals surface area contributed by atoms with Crippen LogP contribution in [-0.4, -0.2) is 39.5 Å². The minimum absolute atomic E-state index is 0.114. The van der Waals surface area contributed by atoms with Gasteiger partial charge in [0.05, 0.1) is 11.4 Å². The van der Waals surface area contributed by atoms with E-state index in [4.69, 9.17) is 5.11 Å². The number of benzene rings is 1. The lowest BCUT2D eigenvalue weighted by Crippen LogP contribution is -2.37. The van der Waals surface area contributed by atoms with Gasteiger partial charge in [-0.1, -0.05) is 6.07 Å². The topological polar surface area (TPSA) is 70.5 Å². The van der Waals surface area contributed by atoms with Gasteiger partial charge in [-0.2, -0.15) is 0 Å². The van der Waals surface area contributed by atoms with E-state index < -0.39 is 11.9 Å². The molecule has 21 heavy (non-hydrogen) atoms. The third kappa shape index (κ3) is 2.35. The van der Waals surface area contributed by atoms with E-state index in [1.807, 2.05) is 24.3 Å². The number of rotatable bonds is 2. The Morgan fingerprint density at radius 3 is 2.86 bits per heavy atom. The molecular weight excluding hydrogens is 268 g/mol. The van der Waals surface area contributed by atoms with Crippen molar-refractivity contribution in [2.75, 3.05) is 6.54 Å². The predicted molar refractivity (Wildman–Crippen MR) is 78.0 cm³/mol. The van der Waals surface area contributed by atoms with E-state index >= 15 is 0 Å². The van der Waals surface area contributed by atoms with Crippen LogP contribution in [0.2, 0.25) is 0 Å². The summed E-state index contributed by atoms with van der Waals surface area (Å²) in [6, 6.07) is 8.84. The zero-order valence-corrected chi connectivity index (χ0v) is 11.7. The minimum Gasteiger partial charge on any atom is -0.481 e. The van der Waals surface area contributed by atoms with Crippen molar-refractivity contribution in [3.8, 4) is 0 Å². The SMILES string of the molecule is CC1C(C(=O)O)CCN1C(=O)c1ccc2ncccc2c1. The second kappa shape index (κ2) is 5.16. The van der Waals surface area contributed by atoms with E-state index in [1.165, 1.54) is 0 Å². The molecule has 5 nitrogen and oxygen atoms in total. The first-order chi connectivity index (χ1) is 10.1. The summed E-state index contributed by atoms with van der Waals surface area (Å²) in [6.45, 7) is 2.29. The average Bonchev–Trinajstić information content (AvgIpc) is 2.88. The number of aromatic nitrogens is 1. The Labute approximate surface area is 122 Å². The van der Waals surface area contributed by atoms with Crippen LogP contribution in [0.25, 0.3) is 10.9 Å². The quantitative estimate of drug-likeness (QED) is 0.917. The van der Waals surface area contributed by atoms with Gasteiger partial charge in [-0.25, -0.2) is 0 Å². The third-order valence-electron chi connectivity index (χ3n) is 4.18. The Morgan fingerprint density at radius 1 is 1.33 bits per heavy atom. The first-order valence-corrected chi connectivity index (χ1v) is 6.96. The normalized spacial score (nSPS) is 21.7. The standard InChI is InChI=1S/C16H16N2O3/c1-10-13(16(20)21)6-8-18(10)15(19)12-4-5-14-11(9-12)3-2-7-17-14/h2-5,7,9-10,13H,6,8H2,1H3,(H,20,21). The molecule has 0 bridgehead atoms. The molecule has 1 aliphatic heterocycles. The lowest BCUT2D eigenvalue weighted by atomic mass is 10.0. The molecule has 0 aliphatic carbocycles. The van der Waals surface area contributed by atoms with Crippen LogP contribution in [0.4, 0.5) is 0 Å². The molecule has 1 aliphatic rings. The van der Waals surface area contributed by atoms with Crippen molar-refractivity contribution < 1.29 is 14.7 Å². The fourth-order valence-corrected chi connectivity index (χ4v) is 2.93. The van der Waals surface area contributed by atoms with Crippen LogP contribution in [0.1, 0.15) is 23.7 Å². The molecule has 2 atom stereocenters. The van der Waals surface area contributed by atoms with Gasteiger partial charge in [0.1, 0.15) is 0 Å². The molecular formula is C16H16N2O3. The van der Waals surface area contributed by atoms with Gasteiger partial charge in [0, 0.05) is 29.7 Å². The van der Waals surface area contributed by atoms with Crippen LogP contribution in [-0.2, 0) is 4.79 Å². The summed E-state index contributed by atoms with van der Waals surface area (Å²) >= 11 is 0. The van der Waals surface area contributed by atoms with Gasteiger partial charge < -0.3 is 10.0 Å². The molecule has 2 heterocycles. The summed E-state index contributed by atoms with van der Waals surface area (Å²) in [5.41, 5.74) is 1.42. The van der Waals surface area contributed by atoms with Gasteiger partial charge >= 0.3 is 5.97 Å². The summed E-state index contributed by atoms with van der Waals surface area (Å²) in [6.07, 6.45) is 2.22. The van der Waals surface area contributed by atoms with E-state index in [2.05, 4.69) is 4.98 Å². The molecule has 0 spiro atoms. The number of amides is 1. The van der Waals surface area contributed by atoms with E-state index in [1.54, 1.807) is 24.1 Å². The largest absolute Gasteiger partial charge is 0.481 e. The van der Waals surface area contributed by atoms with Crippen molar-refractivity contribution in [1.82, 2.24) is 9.88 Å². The van der Waals surface area contributed by atoms with Crippen LogP contribution >= 0.6 is 0 Å². The first kappa shape index (κ1) is 13.5. The molecule has 1 N–H and O–H groups in total. The zero-order chi connectivity index (χ0) is 15.0. The zero-order valence-electron chi connectivity index (χ0n) is 11.7. The maximum absolute atomic E-state index is 12.6. The Hall–Kier alpha value is -2.43. The molecule has 108 valence electrons. The maximum atomic E-state index is 12.6. The Kier molecular flexibility index (Phi) is 3.33. The second-order valence-corrected chi connectivity index (χ2v) is 5.38. The number of hydrogen-bond acceptors (Lipinski definition) is 3. The molecule has 1 amide bonds. The van der Waals surface area contributed by atoms with E-state index in [-0.39, 0.29) is 11.9 Å². The Morgan fingerprint density at radius 2 is 2.14 bits per heavy atom. The monoisotopic (exact) mass is 284 g/mol. The highest BCUT2D eigenvalue weighted by molar-refractivity contribution is 5.98. The van der Waals surface area contributed by atoms with Crippen LogP contribution in [0.15, 0.2) is 36.5 Å². The number of pyridine rings is 1. The molecule has 1 aromatic heterocycles. The number of fused-ring (bicyclic) bond motifs is 1. The highest BCUT2D eigenvalue weighted by Crippen LogP contribution is 2.26. The van der Waals surface area contributed by atoms with Gasteiger partial charge in [0.25, 0.3) is 5.91 Å². The second-order valence-electron chi connectivity index (χ2n) is 5.38. The third-order valence-corrected chi connectivity index (χ3v) is 4.18. The minimum atomic E-state index is -0.833. The lowest BCUT2D eigenvalue weighted by Gasteiger charge is -2.23. The van der Waals surface area contributed by atoms with Crippen molar-refractivity contribution >= 4 is 22.8 Å². The number of hydrogen-bond donors (Lipinski definition) is 1. The fraction of sp³-hybridized carbons (Fsp3) is 0.312. The summed E-state index contributed by atoms with van der Waals surface area (Å²) in [7, 11) is 0. The van der Waals surface area contributed by atoms with Crippen LogP contribution in [0, 0.1) is 5.92 Å². The van der Waals surface area contributed by atoms with Crippen molar-refractivity contribution in [2.24, 2.45) is 5.92 Å². The highest BCUT2D eigenvalue weighted by Gasteiger charge is 2.38. The van der Waals surface area contributed by atoms with Crippen LogP contribution < -0.4 is 0 Å². The van der Waals surface area contributed by atoms with E-state index in [9.17, 15) is 9.59 Å². The number of carbonyl (C=O) groups is 2. The number of likely N-dealkylation sites (tertiary alicyclic amines) is 1. The van der Waals surface area contributed by atoms with Gasteiger partial charge in [0.15, 0.2) is 0 Å². The van der Waals surface area contributed by atoms with Gasteiger partial charge in [-0.3, -0.25) is 14.6 Å². The smallest absolute Gasteiger partial charge is 0.308 e. The summed E-state index contributed by atoms with van der Waals surface area (Å²) < 4.78 is 0. The number of carboxylic acids is 1. The van der Waals surface area contributed by atoms with Gasteiger partial charge in [-0.15, -0.1) is 0 Å². The fourth-order valence-electron chi connectivity index (χ4n) is 2.93. The number of aliphatic carboxylic acids is 1. The number of carbonyl (C=O) groups excluding carboxylic acids is 1. The van der Waals surface area contributed by atoms with E-state index in [0.29, 0.717) is 18.5 Å². The highest BCUT2D eigenvalue weighted by atomic mass is 16.4. The van der Waals surface area contributed by atoms with E-state index in [0.717, 1.165) is 10.9 Å². The first-order valence-electron chi connectivity index (χ1n) is 6.96. The molecule has 3 rings (SSSR count). The lowest BCUT2D eigenvalue weighted by molar-refractivity contribution is -0.142. The Bertz CT molecular complexity index is 713. The molecule has 0 radical (unpaired) electrons. The predicted octanol–water partition coefficient (Wildman–Crippen LogP) is 2.17. The number of nitrogens with zero attached hydrogens (tertiary/aromatic N) is 2. The summed E-state index contributed by atoms with van der Waals surface area (Å²) in [4.78, 5) is 29.6. The van der Waals surface area contributed by atoms with Crippen molar-refractivity contribution in [3.05, 3.63) is 42.1 Å². The molecule has 0 saturated carbocycles. The molecule has 1 aromatic carbocycles. The average molecular weight is 284 g/mol. The molecule has 2 unspecified atom stereocenters. The van der Waals surface area contributed by atoms with Gasteiger partial charge in [-0.05, 0) is 37.6 Å². The van der Waals surface area contributed by atoms with Crippen molar-refractivity contribution in [2.45, 2.75) is 19.4 Å². The molecule has 1 fully saturated rings. The summed E-state index contributed by atoms with van der Waals surface area (Å²) in [5, 5.41) is 10.1. The van der Waals surface area contributed by atoms with Crippen LogP contribution in [0.3, 0.4) is 0 Å². The summed E-state index contributed by atoms with van der Waals surface area (Å²) in [5.74, 6) is -1.42. The Balaban J connectivity index is 1.89. The number of carboxylic acid groups (broad SMARTS) is 1.